The van der Waals surface area contributed by atoms with Crippen molar-refractivity contribution in [3.63, 3.8) is 0 Å². The lowest BCUT2D eigenvalue weighted by molar-refractivity contribution is -0.121. The van der Waals surface area contributed by atoms with E-state index in [1.54, 1.807) is 0 Å². The molecule has 1 aromatic carbocycles. The van der Waals surface area contributed by atoms with Crippen LogP contribution in [0.4, 0.5) is 0 Å². The van der Waals surface area contributed by atoms with Crippen LogP contribution in [-0.4, -0.2) is 67.6 Å². The van der Waals surface area contributed by atoms with Gasteiger partial charge in [0.05, 0.1) is 0 Å². The van der Waals surface area contributed by atoms with Crippen LogP contribution in [0, 0.1) is 0 Å². The molecule has 2 fully saturated rings. The van der Waals surface area contributed by atoms with Crippen LogP contribution in [0.2, 0.25) is 5.02 Å². The van der Waals surface area contributed by atoms with Crippen LogP contribution in [0.15, 0.2) is 23.8 Å². The molecule has 1 amide bonds. The fraction of sp³-hybridized carbons (Fsp3) is 0.550. The second-order valence-corrected chi connectivity index (χ2v) is 8.17. The maximum atomic E-state index is 11.8. The van der Waals surface area contributed by atoms with Crippen LogP contribution >= 0.6 is 11.6 Å². The molecule has 0 radical (unpaired) electrons. The minimum atomic E-state index is 0.0920. The van der Waals surface area contributed by atoms with Crippen molar-refractivity contribution in [1.82, 2.24) is 15.1 Å². The first-order chi connectivity index (χ1) is 12.5. The zero-order valence-corrected chi connectivity index (χ0v) is 16.0. The summed E-state index contributed by atoms with van der Waals surface area (Å²) >= 11 is 6.12. The molecule has 0 aliphatic carbocycles. The highest BCUT2D eigenvalue weighted by atomic mass is 35.5. The molecule has 140 valence electrons. The number of benzene rings is 1. The molecule has 0 unspecified atom stereocenters. The molecule has 5 nitrogen and oxygen atoms in total. The molecular formula is C20H26ClN3O2. The van der Waals surface area contributed by atoms with E-state index in [1.807, 2.05) is 18.2 Å². The summed E-state index contributed by atoms with van der Waals surface area (Å²) in [5.74, 6) is 1.09. The van der Waals surface area contributed by atoms with Crippen LogP contribution in [0.25, 0.3) is 6.08 Å². The van der Waals surface area contributed by atoms with Crippen LogP contribution in [0.5, 0.6) is 5.75 Å². The van der Waals surface area contributed by atoms with Gasteiger partial charge in [0, 0.05) is 55.3 Å². The first kappa shape index (κ1) is 17.8. The summed E-state index contributed by atoms with van der Waals surface area (Å²) in [4.78, 5) is 16.8. The van der Waals surface area contributed by atoms with Crippen molar-refractivity contribution in [2.24, 2.45) is 0 Å². The minimum Gasteiger partial charge on any atom is -0.489 e. The molecule has 3 aliphatic rings. The van der Waals surface area contributed by atoms with Crippen LogP contribution in [-0.2, 0) is 4.79 Å². The summed E-state index contributed by atoms with van der Waals surface area (Å²) in [5.41, 5.74) is 2.43. The van der Waals surface area contributed by atoms with Crippen LogP contribution < -0.4 is 10.1 Å². The van der Waals surface area contributed by atoms with Crippen molar-refractivity contribution < 1.29 is 9.53 Å². The van der Waals surface area contributed by atoms with E-state index in [2.05, 4.69) is 28.2 Å². The first-order valence-electron chi connectivity index (χ1n) is 9.36. The molecule has 4 rings (SSSR count). The third-order valence-electron chi connectivity index (χ3n) is 5.98. The lowest BCUT2D eigenvalue weighted by Crippen LogP contribution is -2.61. The molecule has 1 atom stereocenters. The number of piperazine rings is 1. The van der Waals surface area contributed by atoms with E-state index in [9.17, 15) is 4.79 Å². The van der Waals surface area contributed by atoms with Crippen molar-refractivity contribution >= 4 is 23.6 Å². The van der Waals surface area contributed by atoms with E-state index in [4.69, 9.17) is 16.3 Å². The van der Waals surface area contributed by atoms with Gasteiger partial charge in [-0.05, 0) is 49.7 Å². The molecule has 6 heteroatoms. The van der Waals surface area contributed by atoms with Crippen LogP contribution in [0.1, 0.15) is 24.8 Å². The molecule has 1 aromatic rings. The topological polar surface area (TPSA) is 44.8 Å². The van der Waals surface area contributed by atoms with Crippen molar-refractivity contribution in [1.29, 1.82) is 0 Å². The number of likely N-dealkylation sites (N-methyl/N-ethyl adjacent to an activating group) is 1. The Bertz CT molecular complexity index is 736. The van der Waals surface area contributed by atoms with E-state index >= 15 is 0 Å². The second-order valence-electron chi connectivity index (χ2n) is 7.73. The Morgan fingerprint density at radius 2 is 2.19 bits per heavy atom. The number of hydrogen-bond donors (Lipinski definition) is 1. The predicted octanol–water partition coefficient (Wildman–Crippen LogP) is 2.40. The fourth-order valence-electron chi connectivity index (χ4n) is 4.39. The number of rotatable bonds is 2. The Kier molecular flexibility index (Phi) is 4.95. The molecule has 3 aliphatic heterocycles. The molecule has 0 saturated carbocycles. The van der Waals surface area contributed by atoms with Gasteiger partial charge in [-0.3, -0.25) is 14.6 Å². The Morgan fingerprint density at radius 1 is 1.31 bits per heavy atom. The predicted molar refractivity (Wildman–Crippen MR) is 104 cm³/mol. The van der Waals surface area contributed by atoms with E-state index in [-0.39, 0.29) is 11.4 Å². The number of ether oxygens (including phenoxy) is 1. The van der Waals surface area contributed by atoms with Gasteiger partial charge in [0.25, 0.3) is 0 Å². The quantitative estimate of drug-likeness (QED) is 0.862. The van der Waals surface area contributed by atoms with Gasteiger partial charge in [-0.1, -0.05) is 11.6 Å². The van der Waals surface area contributed by atoms with Crippen LogP contribution in [0.3, 0.4) is 0 Å². The minimum absolute atomic E-state index is 0.0920. The normalized spacial score (nSPS) is 27.3. The summed E-state index contributed by atoms with van der Waals surface area (Å²) in [6, 6.07) is 5.76. The Labute approximate surface area is 159 Å². The zero-order valence-electron chi connectivity index (χ0n) is 15.3. The van der Waals surface area contributed by atoms with Crippen molar-refractivity contribution in [3.8, 4) is 5.75 Å². The molecular weight excluding hydrogens is 350 g/mol. The molecule has 26 heavy (non-hydrogen) atoms. The summed E-state index contributed by atoms with van der Waals surface area (Å²) in [7, 11) is 2.20. The average Bonchev–Trinajstić information content (AvgIpc) is 2.80. The summed E-state index contributed by atoms with van der Waals surface area (Å²) in [5, 5.41) is 3.76. The van der Waals surface area contributed by atoms with Crippen molar-refractivity contribution in [2.45, 2.75) is 24.8 Å². The van der Waals surface area contributed by atoms with Crippen molar-refractivity contribution in [3.05, 3.63) is 34.4 Å². The number of halogens is 1. The molecule has 1 spiro atoms. The third kappa shape index (κ3) is 3.61. The number of amides is 1. The molecule has 3 heterocycles. The highest BCUT2D eigenvalue weighted by Crippen LogP contribution is 2.32. The summed E-state index contributed by atoms with van der Waals surface area (Å²) < 4.78 is 5.91. The van der Waals surface area contributed by atoms with Gasteiger partial charge in [-0.15, -0.1) is 0 Å². The van der Waals surface area contributed by atoms with Gasteiger partial charge in [-0.25, -0.2) is 0 Å². The van der Waals surface area contributed by atoms with E-state index < -0.39 is 0 Å². The zero-order chi connectivity index (χ0) is 18.1. The smallest absolute Gasteiger partial charge is 0.220 e. The third-order valence-corrected chi connectivity index (χ3v) is 6.22. The number of fused-ring (bicyclic) bond motifs is 1. The van der Waals surface area contributed by atoms with Gasteiger partial charge in [0.1, 0.15) is 12.4 Å². The molecule has 0 bridgehead atoms. The first-order valence-corrected chi connectivity index (χ1v) is 9.74. The largest absolute Gasteiger partial charge is 0.489 e. The van der Waals surface area contributed by atoms with E-state index in [0.717, 1.165) is 61.9 Å². The Balaban J connectivity index is 1.48. The van der Waals surface area contributed by atoms with E-state index in [1.165, 1.54) is 5.57 Å². The van der Waals surface area contributed by atoms with Crippen molar-refractivity contribution in [2.75, 3.05) is 46.4 Å². The number of carbonyl (C=O) groups is 1. The fourth-order valence-corrected chi connectivity index (χ4v) is 4.57. The van der Waals surface area contributed by atoms with Gasteiger partial charge in [-0.2, -0.15) is 0 Å². The lowest BCUT2D eigenvalue weighted by atomic mass is 9.86. The number of hydrogen-bond acceptors (Lipinski definition) is 4. The summed E-state index contributed by atoms with van der Waals surface area (Å²) in [6.07, 6.45) is 4.78. The standard InChI is InChI=1S/C20H26ClN3O2/c1-23-8-9-24(14-20(23)5-4-19(25)22-7-6-20)12-15-10-16-11-17(21)2-3-18(16)26-13-15/h2-3,10-11H,4-9,12-14H2,1H3,(H,22,25)/t20-/m0/s1. The number of carbonyl (C=O) groups excluding carboxylic acids is 1. The molecule has 2 saturated heterocycles. The van der Waals surface area contributed by atoms with Gasteiger partial charge < -0.3 is 10.1 Å². The van der Waals surface area contributed by atoms with E-state index in [0.29, 0.717) is 13.0 Å². The monoisotopic (exact) mass is 375 g/mol. The Morgan fingerprint density at radius 3 is 3.08 bits per heavy atom. The average molecular weight is 376 g/mol. The highest BCUT2D eigenvalue weighted by Gasteiger charge is 2.40. The molecule has 1 N–H and O–H groups in total. The second kappa shape index (κ2) is 7.22. The van der Waals surface area contributed by atoms with Gasteiger partial charge in [0.2, 0.25) is 5.91 Å². The SMILES string of the molecule is CN1CCN(CC2=Cc3cc(Cl)ccc3OC2)C[C@]12CCNC(=O)CC2. The maximum absolute atomic E-state index is 11.8. The number of nitrogens with one attached hydrogen (secondary N) is 1. The maximum Gasteiger partial charge on any atom is 0.220 e. The number of nitrogens with zero attached hydrogens (tertiary/aromatic N) is 2. The Hall–Kier alpha value is -1.56. The highest BCUT2D eigenvalue weighted by molar-refractivity contribution is 6.30. The molecule has 0 aromatic heterocycles. The lowest BCUT2D eigenvalue weighted by Gasteiger charge is -2.49. The summed E-state index contributed by atoms with van der Waals surface area (Å²) in [6.45, 7) is 5.38. The van der Waals surface area contributed by atoms with Gasteiger partial charge >= 0.3 is 0 Å². The van der Waals surface area contributed by atoms with Gasteiger partial charge in [0.15, 0.2) is 0 Å².